The maximum absolute atomic E-state index is 15.4. The number of hydrogen-bond acceptors (Lipinski definition) is 31. The van der Waals surface area contributed by atoms with E-state index in [4.69, 9.17) is 25.4 Å². The van der Waals surface area contributed by atoms with Crippen molar-refractivity contribution >= 4 is 155 Å². The van der Waals surface area contributed by atoms with Crippen LogP contribution in [0.4, 0.5) is 5.69 Å². The molecule has 0 spiro atoms. The van der Waals surface area contributed by atoms with Gasteiger partial charge < -0.3 is 94.5 Å². The third kappa shape index (κ3) is 18.4. The number of nitrogens with one attached hydrogen (secondary N) is 11. The number of aromatic nitrogens is 5. The molecule has 15 unspecified atom stereocenters. The molecule has 4 aliphatic rings. The van der Waals surface area contributed by atoms with Crippen molar-refractivity contribution in [2.75, 3.05) is 11.1 Å². The fourth-order valence-electron chi connectivity index (χ4n) is 12.1. The fourth-order valence-corrected chi connectivity index (χ4v) is 16.9. The van der Waals surface area contributed by atoms with Crippen molar-refractivity contribution in [1.29, 1.82) is 0 Å². The lowest BCUT2D eigenvalue weighted by Gasteiger charge is -2.41. The molecule has 15 atom stereocenters. The quantitative estimate of drug-likeness (QED) is 0.0473. The first-order chi connectivity index (χ1) is 53.7. The van der Waals surface area contributed by atoms with E-state index in [2.05, 4.69) is 98.2 Å². The molecule has 0 aliphatic carbocycles. The molecule has 0 saturated carbocycles. The largest absolute Gasteiger partial charge is 0.504 e. The van der Waals surface area contributed by atoms with Gasteiger partial charge in [0.1, 0.15) is 119 Å². The van der Waals surface area contributed by atoms with Gasteiger partial charge in [0.05, 0.1) is 58.2 Å². The van der Waals surface area contributed by atoms with Gasteiger partial charge in [-0.3, -0.25) is 62.7 Å². The van der Waals surface area contributed by atoms with E-state index in [0.717, 1.165) is 57.1 Å². The van der Waals surface area contributed by atoms with Gasteiger partial charge in [-0.1, -0.05) is 52.1 Å². The zero-order valence-electron chi connectivity index (χ0n) is 62.9. The van der Waals surface area contributed by atoms with E-state index in [9.17, 15) is 68.7 Å². The Morgan fingerprint density at radius 3 is 2.11 bits per heavy atom. The zero-order chi connectivity index (χ0) is 83.4. The molecule has 11 amide bonds. The van der Waals surface area contributed by atoms with Crippen molar-refractivity contribution in [3.8, 4) is 5.75 Å². The molecule has 604 valence electrons. The van der Waals surface area contributed by atoms with Gasteiger partial charge >= 0.3 is 5.97 Å². The van der Waals surface area contributed by atoms with Gasteiger partial charge in [-0.15, -0.1) is 57.1 Å². The molecule has 42 heteroatoms. The standard InChI is InChI=1S/C72H83N19O18S5/c1-14-26(3)47-63(105)78-30(7)57(99)75-28(5)56(98)76-31(8)58(100)91-72-19-18-40(66-85-43(22-111-66)59(101)77-29(6)55(97)74-27(4)54(73)96)81-52(72)42-21-112-67(83-42)49(34(11)109-69(107)41-20-37(32(9)92)36-16-17-39(79-47)51(95)50(36)80-41)89-60(102)44-24-113-68(86-44)53(71(13,108)35(12)94)90-62(104)45-23-110-65(84-45)38(15-2)82-64(106)48(33(10)93)88-61(103)46-25-114-70(72)87-46/h15-17,20-22,24-26,30-35,45,47-49,52-53,79,92-95,108H,4-6,14,18-19,23H2,1-3,7-13H3,(H2,73,96)(H,74,97)(H,75,99)(H,76,98)(H,77,101)(H,78,105)(H,82,106)(H,88,103)(H,89,102)(H,90,104)(H,91,100)/b38-15-. The zero-order valence-corrected chi connectivity index (χ0v) is 66.9. The molecule has 6 aromatic rings. The van der Waals surface area contributed by atoms with Crippen LogP contribution in [0.1, 0.15) is 186 Å². The highest BCUT2D eigenvalue weighted by Crippen LogP contribution is 2.48. The van der Waals surface area contributed by atoms with Crippen molar-refractivity contribution in [1.82, 2.24) is 78.1 Å². The average Bonchev–Trinajstić information content (AvgIpc) is 1.50. The Balaban J connectivity index is 1.19. The third-order valence-electron chi connectivity index (χ3n) is 19.2. The van der Waals surface area contributed by atoms with Gasteiger partial charge in [0.2, 0.25) is 29.5 Å². The predicted molar refractivity (Wildman–Crippen MR) is 420 cm³/mol. The Kier molecular flexibility index (Phi) is 26.3. The number of aliphatic hydroxyl groups excluding tert-OH is 3. The van der Waals surface area contributed by atoms with Crippen molar-refractivity contribution in [3.63, 3.8) is 0 Å². The van der Waals surface area contributed by atoms with Gasteiger partial charge in [0, 0.05) is 32.7 Å². The number of thioether (sulfide) groups is 1. The van der Waals surface area contributed by atoms with E-state index in [-0.39, 0.29) is 94.3 Å². The number of phenols is 1. The van der Waals surface area contributed by atoms with E-state index >= 15 is 14.4 Å². The smallest absolute Gasteiger partial charge is 0.357 e. The summed E-state index contributed by atoms with van der Waals surface area (Å²) in [5.41, 5.74) is -2.31. The molecule has 0 saturated heterocycles. The minimum Gasteiger partial charge on any atom is -0.504 e. The lowest BCUT2D eigenvalue weighted by atomic mass is 9.80. The number of hydrogen-bond donors (Lipinski definition) is 17. The summed E-state index contributed by atoms with van der Waals surface area (Å²) in [6, 6.07) is -7.68. The summed E-state index contributed by atoms with van der Waals surface area (Å²) >= 11 is 4.41. The molecule has 114 heavy (non-hydrogen) atoms. The number of allylic oxidation sites excluding steroid dienone is 1. The summed E-state index contributed by atoms with van der Waals surface area (Å²) < 4.78 is 6.25. The summed E-state index contributed by atoms with van der Waals surface area (Å²) in [5, 5.41) is 92.1. The van der Waals surface area contributed by atoms with Crippen LogP contribution in [0.2, 0.25) is 0 Å². The monoisotopic (exact) mass is 1660 g/mol. The third-order valence-corrected chi connectivity index (χ3v) is 24.0. The second kappa shape index (κ2) is 35.1. The number of esters is 1. The van der Waals surface area contributed by atoms with E-state index in [1.807, 2.05) is 0 Å². The lowest BCUT2D eigenvalue weighted by Crippen LogP contribution is -2.57. The molecule has 1 aromatic carbocycles. The van der Waals surface area contributed by atoms with Crippen LogP contribution in [-0.2, 0) is 48.6 Å². The molecule has 0 radical (unpaired) electrons. The molecule has 10 rings (SSSR count). The Morgan fingerprint density at radius 2 is 1.43 bits per heavy atom. The second-order valence-electron chi connectivity index (χ2n) is 27.5. The average molecular weight is 1660 g/mol. The number of aromatic hydroxyl groups is 1. The number of ether oxygens (including phenoxy) is 1. The second-order valence-corrected chi connectivity index (χ2v) is 32.0. The molecule has 37 nitrogen and oxygen atoms in total. The number of cyclic esters (lactones) is 1. The number of aliphatic hydroxyl groups is 4. The number of fused-ring (bicyclic) bond motifs is 7. The Hall–Kier alpha value is -11.1. The van der Waals surface area contributed by atoms with Crippen molar-refractivity contribution in [2.45, 2.75) is 172 Å². The van der Waals surface area contributed by atoms with Crippen LogP contribution in [0.15, 0.2) is 98.3 Å². The highest BCUT2D eigenvalue weighted by atomic mass is 32.2. The maximum atomic E-state index is 15.4. The van der Waals surface area contributed by atoms with E-state index in [1.165, 1.54) is 94.3 Å². The van der Waals surface area contributed by atoms with Gasteiger partial charge in [0.15, 0.2) is 5.75 Å². The Bertz CT molecular complexity index is 5040. The first kappa shape index (κ1) is 85.3. The molecular weight excluding hydrogens is 1580 g/mol. The first-order valence-corrected chi connectivity index (χ1v) is 39.9. The molecule has 5 aromatic heterocycles. The van der Waals surface area contributed by atoms with Gasteiger partial charge in [-0.25, -0.2) is 29.7 Å². The first-order valence-electron chi connectivity index (χ1n) is 35.4. The number of amides is 11. The van der Waals surface area contributed by atoms with E-state index in [1.54, 1.807) is 20.8 Å². The summed E-state index contributed by atoms with van der Waals surface area (Å²) in [4.78, 5) is 203. The summed E-state index contributed by atoms with van der Waals surface area (Å²) in [5.74, 6) is -12.9. The number of anilines is 1. The Morgan fingerprint density at radius 1 is 0.746 bits per heavy atom. The molecule has 4 aliphatic heterocycles. The summed E-state index contributed by atoms with van der Waals surface area (Å²) in [6.45, 7) is 24.8. The number of carbonyl (C=O) groups is 12. The number of primary amides is 1. The molecule has 0 fully saturated rings. The van der Waals surface area contributed by atoms with E-state index in [0.29, 0.717) is 6.42 Å². The minimum atomic E-state index is -2.21. The summed E-state index contributed by atoms with van der Waals surface area (Å²) in [7, 11) is 0. The van der Waals surface area contributed by atoms with Gasteiger partial charge in [-0.05, 0) is 91.8 Å². The van der Waals surface area contributed by atoms with Crippen molar-refractivity contribution in [3.05, 3.63) is 142 Å². The van der Waals surface area contributed by atoms with Crippen LogP contribution in [0.25, 0.3) is 10.9 Å². The normalized spacial score (nSPS) is 25.1. The highest BCUT2D eigenvalue weighted by molar-refractivity contribution is 8.14. The fraction of sp³-hybridized carbons (Fsp3) is 0.403. The SMILES string of the molecule is C=C(NC(=O)C(=C)NC(=O)c1csc(C2=NC3c4csc(n4)C4NC(=O)c5csc(n5)C(C(C)(O)C(C)O)NC(=O)C5CSC(=N5)/C(=C/C)NC(=O)C(C(C)O)NC(=O)c5csc(n5)C3(CC2)NC(=O)C(C)NC(=O)C(=C)NC(=O)C(C)NC(=O)C(C(C)CC)Nc2ccc3c(C(C)O)cc(nc3c2O)C(=O)OC4C)n1)C(N)=O. The maximum Gasteiger partial charge on any atom is 0.357 e. The molecule has 9 heterocycles. The molecule has 13 bridgehead atoms. The van der Waals surface area contributed by atoms with Gasteiger partial charge in [-0.2, -0.15) is 0 Å². The van der Waals surface area contributed by atoms with Crippen LogP contribution in [0.5, 0.6) is 5.75 Å². The van der Waals surface area contributed by atoms with Crippen LogP contribution >= 0.6 is 57.1 Å². The topological polar surface area (TPSA) is 563 Å². The van der Waals surface area contributed by atoms with Crippen LogP contribution in [0.3, 0.4) is 0 Å². The van der Waals surface area contributed by atoms with E-state index < -0.39 is 195 Å². The van der Waals surface area contributed by atoms with Crippen LogP contribution < -0.4 is 64.2 Å². The minimum absolute atomic E-state index is 0.0177. The number of nitrogens with zero attached hydrogens (tertiary/aromatic N) is 7. The van der Waals surface area contributed by atoms with Crippen molar-refractivity contribution in [2.24, 2.45) is 21.6 Å². The number of pyridine rings is 1. The predicted octanol–water partition coefficient (Wildman–Crippen LogP) is 2.03. The molecule has 18 N–H and O–H groups in total. The number of thiazole rings is 4. The number of benzene rings is 1. The van der Waals surface area contributed by atoms with Crippen LogP contribution in [0, 0.1) is 5.92 Å². The van der Waals surface area contributed by atoms with Crippen molar-refractivity contribution < 1.29 is 87.8 Å². The number of carbonyl (C=O) groups excluding carboxylic acids is 12. The number of rotatable bonds is 12. The Labute approximate surface area is 670 Å². The number of nitrogens with two attached hydrogens (primary N) is 1. The summed E-state index contributed by atoms with van der Waals surface area (Å²) in [6.07, 6.45) is -4.70. The lowest BCUT2D eigenvalue weighted by molar-refractivity contribution is -0.130. The molecular formula is C72H83N19O18S5. The van der Waals surface area contributed by atoms with Crippen LogP contribution in [-0.4, -0.2) is 192 Å². The highest BCUT2D eigenvalue weighted by Gasteiger charge is 2.51. The van der Waals surface area contributed by atoms with Gasteiger partial charge in [0.25, 0.3) is 35.4 Å². The number of aliphatic imine (C=N–C) groups is 2. The number of phenolic OH excluding ortho intramolecular Hbond substituents is 1.